The fraction of sp³-hybridized carbons (Fsp3) is 0.333. The van der Waals surface area contributed by atoms with Gasteiger partial charge in [-0.15, -0.1) is 11.8 Å². The molecule has 1 aliphatic carbocycles. The predicted molar refractivity (Wildman–Crippen MR) is 111 cm³/mol. The van der Waals surface area contributed by atoms with Crippen LogP contribution in [-0.2, 0) is 6.54 Å². The summed E-state index contributed by atoms with van der Waals surface area (Å²) < 4.78 is 30.1. The fourth-order valence-corrected chi connectivity index (χ4v) is 6.24. The van der Waals surface area contributed by atoms with E-state index < -0.39 is 22.9 Å². The number of thioether (sulfide) groups is 1. The number of aromatic nitrogens is 2. The highest BCUT2D eigenvalue weighted by molar-refractivity contribution is 7.99. The average Bonchev–Trinajstić information content (AvgIpc) is 2.82. The van der Waals surface area contributed by atoms with Crippen molar-refractivity contribution in [3.05, 3.63) is 61.3 Å². The molecule has 1 saturated carbocycles. The van der Waals surface area contributed by atoms with Gasteiger partial charge in [-0.1, -0.05) is 18.0 Å². The zero-order valence-corrected chi connectivity index (χ0v) is 17.1. The zero-order valence-electron chi connectivity index (χ0n) is 15.6. The van der Waals surface area contributed by atoms with E-state index >= 15 is 0 Å². The van der Waals surface area contributed by atoms with Crippen molar-refractivity contribution in [2.24, 2.45) is 5.41 Å². The van der Waals surface area contributed by atoms with Gasteiger partial charge in [-0.05, 0) is 42.9 Å². The highest BCUT2D eigenvalue weighted by Crippen LogP contribution is 2.51. The van der Waals surface area contributed by atoms with Crippen molar-refractivity contribution >= 4 is 34.3 Å². The SMILES string of the molecule is Cc1cc2c(=O)[nH]c(=O)n3c2c(c1-c1cc(Cl)c(F)cc1F)SCC1(CCC1)C3. The molecule has 5 rings (SSSR count). The maximum atomic E-state index is 14.8. The van der Waals surface area contributed by atoms with Gasteiger partial charge in [0.2, 0.25) is 0 Å². The number of rotatable bonds is 1. The van der Waals surface area contributed by atoms with Gasteiger partial charge in [0.15, 0.2) is 0 Å². The number of halogens is 3. The summed E-state index contributed by atoms with van der Waals surface area (Å²) in [5, 5.41) is 0.226. The number of aryl methyl sites for hydroxylation is 1. The molecule has 0 amide bonds. The Morgan fingerprint density at radius 3 is 2.62 bits per heavy atom. The van der Waals surface area contributed by atoms with Crippen molar-refractivity contribution in [1.82, 2.24) is 9.55 Å². The Hall–Kier alpha value is -2.12. The van der Waals surface area contributed by atoms with Crippen LogP contribution in [0.5, 0.6) is 0 Å². The third-order valence-corrected chi connectivity index (χ3v) is 7.87. The normalized spacial score (nSPS) is 17.4. The molecule has 4 nitrogen and oxygen atoms in total. The maximum Gasteiger partial charge on any atom is 0.328 e. The first-order valence-corrected chi connectivity index (χ1v) is 10.7. The van der Waals surface area contributed by atoms with E-state index in [1.807, 2.05) is 0 Å². The molecule has 2 aromatic carbocycles. The monoisotopic (exact) mass is 434 g/mol. The molecule has 150 valence electrons. The summed E-state index contributed by atoms with van der Waals surface area (Å²) in [7, 11) is 0. The van der Waals surface area contributed by atoms with E-state index in [1.165, 1.54) is 6.07 Å². The van der Waals surface area contributed by atoms with Crippen molar-refractivity contribution in [2.75, 3.05) is 5.75 Å². The van der Waals surface area contributed by atoms with Gasteiger partial charge in [0.25, 0.3) is 5.56 Å². The molecule has 1 spiro atoms. The standard InChI is InChI=1S/C21H17ClF2N2O2S/c1-10-5-12-17-18(16(10)11-6-13(22)15(24)7-14(11)23)29-9-21(3-2-4-21)8-26(17)20(28)25-19(12)27/h5-7H,2-4,8-9H2,1H3,(H,25,27,28). The Kier molecular flexibility index (Phi) is 4.19. The highest BCUT2D eigenvalue weighted by Gasteiger charge is 2.40. The van der Waals surface area contributed by atoms with Gasteiger partial charge in [-0.2, -0.15) is 0 Å². The van der Waals surface area contributed by atoms with Crippen LogP contribution < -0.4 is 11.2 Å². The first-order chi connectivity index (χ1) is 13.8. The molecule has 1 aromatic heterocycles. The van der Waals surface area contributed by atoms with Gasteiger partial charge in [0.1, 0.15) is 11.6 Å². The minimum atomic E-state index is -0.827. The van der Waals surface area contributed by atoms with Crippen LogP contribution in [0.1, 0.15) is 24.8 Å². The lowest BCUT2D eigenvalue weighted by atomic mass is 9.70. The number of benzene rings is 2. The number of nitrogens with zero attached hydrogens (tertiary/aromatic N) is 1. The first-order valence-electron chi connectivity index (χ1n) is 9.38. The molecule has 0 unspecified atom stereocenters. The Morgan fingerprint density at radius 1 is 1.17 bits per heavy atom. The second-order valence-corrected chi connectivity index (χ2v) is 9.42. The lowest BCUT2D eigenvalue weighted by Crippen LogP contribution is -2.40. The van der Waals surface area contributed by atoms with Crippen LogP contribution in [0.2, 0.25) is 5.02 Å². The molecule has 1 aliphatic heterocycles. The van der Waals surface area contributed by atoms with Crippen LogP contribution in [0.4, 0.5) is 8.78 Å². The van der Waals surface area contributed by atoms with Crippen LogP contribution in [0.3, 0.4) is 0 Å². The average molecular weight is 435 g/mol. The van der Waals surface area contributed by atoms with Crippen molar-refractivity contribution < 1.29 is 8.78 Å². The molecule has 2 heterocycles. The lowest BCUT2D eigenvalue weighted by molar-refractivity contribution is 0.139. The highest BCUT2D eigenvalue weighted by atomic mass is 35.5. The summed E-state index contributed by atoms with van der Waals surface area (Å²) in [5.41, 5.74) is 0.988. The van der Waals surface area contributed by atoms with Gasteiger partial charge in [0.05, 0.1) is 15.9 Å². The van der Waals surface area contributed by atoms with Gasteiger partial charge in [-0.25, -0.2) is 13.6 Å². The van der Waals surface area contributed by atoms with Crippen molar-refractivity contribution in [3.8, 4) is 11.1 Å². The van der Waals surface area contributed by atoms with Gasteiger partial charge in [-0.3, -0.25) is 14.3 Å². The van der Waals surface area contributed by atoms with Crippen LogP contribution in [0.15, 0.2) is 32.7 Å². The van der Waals surface area contributed by atoms with E-state index in [9.17, 15) is 18.4 Å². The third-order valence-electron chi connectivity index (χ3n) is 6.14. The Morgan fingerprint density at radius 2 is 1.93 bits per heavy atom. The molecular weight excluding hydrogens is 418 g/mol. The predicted octanol–water partition coefficient (Wildman–Crippen LogP) is 4.87. The summed E-state index contributed by atoms with van der Waals surface area (Å²) >= 11 is 7.49. The summed E-state index contributed by atoms with van der Waals surface area (Å²) in [6.07, 6.45) is 3.12. The molecule has 0 atom stereocenters. The molecule has 3 aromatic rings. The Bertz CT molecular complexity index is 1310. The molecule has 1 fully saturated rings. The summed E-state index contributed by atoms with van der Waals surface area (Å²) in [6, 6.07) is 3.71. The molecule has 0 saturated heterocycles. The second kappa shape index (κ2) is 6.44. The van der Waals surface area contributed by atoms with Crippen molar-refractivity contribution in [1.29, 1.82) is 0 Å². The molecule has 1 N–H and O–H groups in total. The molecule has 2 aliphatic rings. The minimum Gasteiger partial charge on any atom is -0.292 e. The number of hydrogen-bond acceptors (Lipinski definition) is 3. The topological polar surface area (TPSA) is 54.9 Å². The van der Waals surface area contributed by atoms with E-state index in [-0.39, 0.29) is 16.0 Å². The van der Waals surface area contributed by atoms with Crippen molar-refractivity contribution in [3.63, 3.8) is 0 Å². The first kappa shape index (κ1) is 18.9. The quantitative estimate of drug-likeness (QED) is 0.556. The molecule has 0 bridgehead atoms. The molecule has 29 heavy (non-hydrogen) atoms. The van der Waals surface area contributed by atoms with Crippen LogP contribution in [-0.4, -0.2) is 15.3 Å². The van der Waals surface area contributed by atoms with Crippen LogP contribution >= 0.6 is 23.4 Å². The van der Waals surface area contributed by atoms with Crippen LogP contribution in [0.25, 0.3) is 22.0 Å². The van der Waals surface area contributed by atoms with Gasteiger partial charge in [0, 0.05) is 34.4 Å². The molecular formula is C21H17ClF2N2O2S. The Balaban J connectivity index is 1.90. The van der Waals surface area contributed by atoms with E-state index in [1.54, 1.807) is 29.3 Å². The van der Waals surface area contributed by atoms with E-state index in [2.05, 4.69) is 4.98 Å². The minimum absolute atomic E-state index is 0.0111. The third kappa shape index (κ3) is 2.78. The maximum absolute atomic E-state index is 14.8. The Labute approximate surface area is 173 Å². The largest absolute Gasteiger partial charge is 0.328 e. The fourth-order valence-electron chi connectivity index (χ4n) is 4.48. The number of aromatic amines is 1. The number of nitrogens with one attached hydrogen (secondary N) is 1. The smallest absolute Gasteiger partial charge is 0.292 e. The number of hydrogen-bond donors (Lipinski definition) is 1. The summed E-state index contributed by atoms with van der Waals surface area (Å²) in [6.45, 7) is 2.30. The van der Waals surface area contributed by atoms with E-state index in [4.69, 9.17) is 11.6 Å². The zero-order chi connectivity index (χ0) is 20.5. The molecule has 0 radical (unpaired) electrons. The van der Waals surface area contributed by atoms with Crippen LogP contribution in [0, 0.1) is 24.0 Å². The lowest BCUT2D eigenvalue weighted by Gasteiger charge is -2.41. The van der Waals surface area contributed by atoms with E-state index in [0.29, 0.717) is 33.5 Å². The molecule has 8 heteroatoms. The summed E-state index contributed by atoms with van der Waals surface area (Å²) in [5.74, 6) is -0.788. The van der Waals surface area contributed by atoms with Gasteiger partial charge >= 0.3 is 5.69 Å². The number of H-pyrrole nitrogens is 1. The van der Waals surface area contributed by atoms with Crippen molar-refractivity contribution in [2.45, 2.75) is 37.6 Å². The van der Waals surface area contributed by atoms with Gasteiger partial charge < -0.3 is 0 Å². The second-order valence-electron chi connectivity index (χ2n) is 8.03. The summed E-state index contributed by atoms with van der Waals surface area (Å²) in [4.78, 5) is 28.3. The van der Waals surface area contributed by atoms with E-state index in [0.717, 1.165) is 31.1 Å².